The van der Waals surface area contributed by atoms with E-state index in [2.05, 4.69) is 20.9 Å². The van der Waals surface area contributed by atoms with Crippen LogP contribution in [0.5, 0.6) is 0 Å². The molecule has 6 heteroatoms. The number of hydrogen-bond donors (Lipinski definition) is 0. The Bertz CT molecular complexity index is 485. The summed E-state index contributed by atoms with van der Waals surface area (Å²) in [5, 5.41) is 8.77. The summed E-state index contributed by atoms with van der Waals surface area (Å²) < 4.78 is 0.710. The second-order valence-electron chi connectivity index (χ2n) is 3.44. The molecule has 0 aromatic carbocycles. The molecule has 2 heterocycles. The summed E-state index contributed by atoms with van der Waals surface area (Å²) in [5.74, 6) is 0.296. The lowest BCUT2D eigenvalue weighted by molar-refractivity contribution is -0.117. The third kappa shape index (κ3) is 2.04. The number of nitriles is 1. The number of hydrogen-bond acceptors (Lipinski definition) is 3. The number of nitrogens with zero attached hydrogens (tertiary/aromatic N) is 3. The second-order valence-corrected chi connectivity index (χ2v) is 4.98. The molecule has 0 N–H and O–H groups in total. The number of rotatable bonds is 1. The first-order valence-electron chi connectivity index (χ1n) is 4.62. The van der Waals surface area contributed by atoms with Gasteiger partial charge in [-0.15, -0.1) is 11.6 Å². The zero-order valence-corrected chi connectivity index (χ0v) is 10.5. The molecule has 1 aliphatic rings. The molecule has 16 heavy (non-hydrogen) atoms. The number of carbonyl (C=O) groups is 1. The van der Waals surface area contributed by atoms with Crippen molar-refractivity contribution in [3.05, 3.63) is 22.3 Å². The SMILES string of the molecule is N#Cc1cc(Br)cnc1N1CC(Cl)CC1=O. The van der Waals surface area contributed by atoms with Crippen molar-refractivity contribution in [3.8, 4) is 6.07 Å². The Hall–Kier alpha value is -1.12. The highest BCUT2D eigenvalue weighted by Gasteiger charge is 2.31. The molecule has 1 aromatic heterocycles. The fourth-order valence-electron chi connectivity index (χ4n) is 1.60. The van der Waals surface area contributed by atoms with Crippen LogP contribution in [0.1, 0.15) is 12.0 Å². The smallest absolute Gasteiger partial charge is 0.229 e. The molecular formula is C10H7BrClN3O. The minimum Gasteiger partial charge on any atom is -0.294 e. The van der Waals surface area contributed by atoms with Gasteiger partial charge in [-0.2, -0.15) is 5.26 Å². The molecule has 82 valence electrons. The van der Waals surface area contributed by atoms with E-state index in [1.54, 1.807) is 12.3 Å². The van der Waals surface area contributed by atoms with Crippen LogP contribution < -0.4 is 4.90 Å². The van der Waals surface area contributed by atoms with Crippen LogP contribution >= 0.6 is 27.5 Å². The summed E-state index contributed by atoms with van der Waals surface area (Å²) in [6, 6.07) is 3.66. The fraction of sp³-hybridized carbons (Fsp3) is 0.300. The average molecular weight is 301 g/mol. The van der Waals surface area contributed by atoms with Crippen molar-refractivity contribution in [2.75, 3.05) is 11.4 Å². The van der Waals surface area contributed by atoms with E-state index in [-0.39, 0.29) is 11.3 Å². The zero-order valence-electron chi connectivity index (χ0n) is 8.15. The predicted octanol–water partition coefficient (Wildman–Crippen LogP) is 2.06. The molecule has 1 atom stereocenters. The first kappa shape index (κ1) is 11.4. The van der Waals surface area contributed by atoms with E-state index in [0.717, 1.165) is 0 Å². The summed E-state index contributed by atoms with van der Waals surface area (Å²) in [6.45, 7) is 0.406. The number of carbonyl (C=O) groups excluding carboxylic acids is 1. The molecule has 2 rings (SSSR count). The van der Waals surface area contributed by atoms with Gasteiger partial charge in [-0.3, -0.25) is 9.69 Å². The van der Waals surface area contributed by atoms with Crippen LogP contribution in [0.4, 0.5) is 5.82 Å². The lowest BCUT2D eigenvalue weighted by Gasteiger charge is -2.15. The third-order valence-electron chi connectivity index (χ3n) is 2.29. The Morgan fingerprint density at radius 2 is 2.44 bits per heavy atom. The van der Waals surface area contributed by atoms with Gasteiger partial charge in [-0.1, -0.05) is 0 Å². The lowest BCUT2D eigenvalue weighted by Crippen LogP contribution is -2.26. The van der Waals surface area contributed by atoms with Crippen molar-refractivity contribution in [2.45, 2.75) is 11.8 Å². The highest BCUT2D eigenvalue weighted by atomic mass is 79.9. The highest BCUT2D eigenvalue weighted by molar-refractivity contribution is 9.10. The Kier molecular flexibility index (Phi) is 3.13. The maximum absolute atomic E-state index is 11.6. The van der Waals surface area contributed by atoms with E-state index in [4.69, 9.17) is 16.9 Å². The van der Waals surface area contributed by atoms with Gasteiger partial charge in [0.1, 0.15) is 6.07 Å². The molecule has 0 bridgehead atoms. The van der Waals surface area contributed by atoms with Gasteiger partial charge in [-0.05, 0) is 22.0 Å². The van der Waals surface area contributed by atoms with Gasteiger partial charge < -0.3 is 0 Å². The number of halogens is 2. The number of aromatic nitrogens is 1. The van der Waals surface area contributed by atoms with Crippen LogP contribution in [0.2, 0.25) is 0 Å². The Morgan fingerprint density at radius 3 is 3.00 bits per heavy atom. The van der Waals surface area contributed by atoms with Gasteiger partial charge >= 0.3 is 0 Å². The monoisotopic (exact) mass is 299 g/mol. The van der Waals surface area contributed by atoms with E-state index in [9.17, 15) is 4.79 Å². The summed E-state index contributed by atoms with van der Waals surface area (Å²) in [6.07, 6.45) is 1.86. The summed E-state index contributed by atoms with van der Waals surface area (Å²) in [7, 11) is 0. The van der Waals surface area contributed by atoms with E-state index >= 15 is 0 Å². The maximum atomic E-state index is 11.6. The summed E-state index contributed by atoms with van der Waals surface area (Å²) in [5.41, 5.74) is 0.369. The van der Waals surface area contributed by atoms with Crippen LogP contribution in [-0.2, 0) is 4.79 Å². The standard InChI is InChI=1S/C10H7BrClN3O/c11-7-1-6(3-13)10(14-4-7)15-5-8(12)2-9(15)16/h1,4,8H,2,5H2. The molecule has 0 spiro atoms. The van der Waals surface area contributed by atoms with Gasteiger partial charge in [0, 0.05) is 23.6 Å². The fourth-order valence-corrected chi connectivity index (χ4v) is 2.20. The van der Waals surface area contributed by atoms with Gasteiger partial charge in [0.25, 0.3) is 0 Å². The van der Waals surface area contributed by atoms with Crippen LogP contribution in [0.15, 0.2) is 16.7 Å². The average Bonchev–Trinajstić information content (AvgIpc) is 2.57. The van der Waals surface area contributed by atoms with Crippen molar-refractivity contribution >= 4 is 39.3 Å². The van der Waals surface area contributed by atoms with E-state index in [1.165, 1.54) is 4.90 Å². The van der Waals surface area contributed by atoms with Crippen molar-refractivity contribution in [3.63, 3.8) is 0 Å². The van der Waals surface area contributed by atoms with Gasteiger partial charge in [0.05, 0.1) is 10.9 Å². The van der Waals surface area contributed by atoms with Crippen molar-refractivity contribution in [1.29, 1.82) is 5.26 Å². The van der Waals surface area contributed by atoms with Crippen LogP contribution in [-0.4, -0.2) is 22.8 Å². The molecule has 1 aromatic rings. The van der Waals surface area contributed by atoms with E-state index in [0.29, 0.717) is 28.8 Å². The first-order chi connectivity index (χ1) is 7.61. The summed E-state index contributed by atoms with van der Waals surface area (Å²) in [4.78, 5) is 17.2. The summed E-state index contributed by atoms with van der Waals surface area (Å²) >= 11 is 9.13. The van der Waals surface area contributed by atoms with Crippen LogP contribution in [0.3, 0.4) is 0 Å². The first-order valence-corrected chi connectivity index (χ1v) is 5.85. The maximum Gasteiger partial charge on any atom is 0.229 e. The second kappa shape index (κ2) is 4.40. The van der Waals surface area contributed by atoms with E-state index in [1.807, 2.05) is 6.07 Å². The highest BCUT2D eigenvalue weighted by Crippen LogP contribution is 2.26. The molecule has 0 saturated carbocycles. The molecule has 1 unspecified atom stereocenters. The molecule has 0 radical (unpaired) electrons. The third-order valence-corrected chi connectivity index (χ3v) is 3.01. The van der Waals surface area contributed by atoms with Gasteiger partial charge in [-0.25, -0.2) is 4.98 Å². The quantitative estimate of drug-likeness (QED) is 0.746. The van der Waals surface area contributed by atoms with Crippen molar-refractivity contribution < 1.29 is 4.79 Å². The van der Waals surface area contributed by atoms with Gasteiger partial charge in [0.15, 0.2) is 5.82 Å². The number of pyridine rings is 1. The zero-order chi connectivity index (χ0) is 11.7. The number of alkyl halides is 1. The Morgan fingerprint density at radius 1 is 1.69 bits per heavy atom. The minimum atomic E-state index is -0.204. The molecule has 1 amide bonds. The topological polar surface area (TPSA) is 57.0 Å². The normalized spacial score (nSPS) is 19.9. The molecular weight excluding hydrogens is 293 g/mol. The number of anilines is 1. The van der Waals surface area contributed by atoms with E-state index < -0.39 is 0 Å². The molecule has 0 aliphatic carbocycles. The Labute approximate surface area is 106 Å². The largest absolute Gasteiger partial charge is 0.294 e. The molecule has 1 aliphatic heterocycles. The predicted molar refractivity (Wildman–Crippen MR) is 63.3 cm³/mol. The lowest BCUT2D eigenvalue weighted by atomic mass is 10.2. The van der Waals surface area contributed by atoms with Crippen molar-refractivity contribution in [1.82, 2.24) is 4.98 Å². The minimum absolute atomic E-state index is 0.0914. The van der Waals surface area contributed by atoms with Crippen LogP contribution in [0.25, 0.3) is 0 Å². The Balaban J connectivity index is 2.41. The van der Waals surface area contributed by atoms with Crippen LogP contribution in [0, 0.1) is 11.3 Å². The molecule has 1 saturated heterocycles. The number of amides is 1. The van der Waals surface area contributed by atoms with Gasteiger partial charge in [0.2, 0.25) is 5.91 Å². The molecule has 4 nitrogen and oxygen atoms in total. The molecule has 1 fully saturated rings. The van der Waals surface area contributed by atoms with Crippen molar-refractivity contribution in [2.24, 2.45) is 0 Å².